The van der Waals surface area contributed by atoms with Crippen molar-refractivity contribution in [3.63, 3.8) is 0 Å². The molecule has 1 aromatic heterocycles. The number of rotatable bonds is 15. The van der Waals surface area contributed by atoms with Gasteiger partial charge in [-0.2, -0.15) is 0 Å². The summed E-state index contributed by atoms with van der Waals surface area (Å²) in [7, 11) is -1.26. The number of fused-ring (bicyclic) bond motifs is 1. The van der Waals surface area contributed by atoms with Crippen molar-refractivity contribution < 1.29 is 51.0 Å². The quantitative estimate of drug-likeness (QED) is 0.0684. The van der Waals surface area contributed by atoms with Gasteiger partial charge in [0.05, 0.1) is 30.7 Å². The highest BCUT2D eigenvalue weighted by Gasteiger charge is 2.34. The van der Waals surface area contributed by atoms with Gasteiger partial charge in [-0.25, -0.2) is 17.6 Å². The number of likely N-dealkylation sites (N-methyl/N-ethyl adjacent to an activating group) is 1. The molecule has 0 unspecified atom stereocenters. The summed E-state index contributed by atoms with van der Waals surface area (Å²) in [5, 5.41) is 15.5. The molecular weight excluding hydrogens is 724 g/mol. The topological polar surface area (TPSA) is 193 Å². The smallest absolute Gasteiger partial charge is 0.373 e. The third kappa shape index (κ3) is 9.12. The Morgan fingerprint density at radius 1 is 1.04 bits per heavy atom. The average Bonchev–Trinajstić information content (AvgIpc) is 3.92. The van der Waals surface area contributed by atoms with Crippen LogP contribution in [0, 0.1) is 5.82 Å². The van der Waals surface area contributed by atoms with E-state index in [0.29, 0.717) is 22.1 Å². The second-order valence-corrected chi connectivity index (χ2v) is 14.6. The molecule has 3 aromatic carbocycles. The van der Waals surface area contributed by atoms with Crippen LogP contribution in [-0.2, 0) is 35.7 Å². The van der Waals surface area contributed by atoms with Crippen LogP contribution >= 0.6 is 0 Å². The third-order valence-corrected chi connectivity index (χ3v) is 9.75. The lowest BCUT2D eigenvalue weighted by molar-refractivity contribution is -0.141. The van der Waals surface area contributed by atoms with Gasteiger partial charge in [0.25, 0.3) is 5.91 Å². The second-order valence-electron chi connectivity index (χ2n) is 12.7. The summed E-state index contributed by atoms with van der Waals surface area (Å²) in [5.41, 5.74) is 2.26. The number of anilines is 1. The number of allylic oxidation sites excluding steroid dienone is 1. The van der Waals surface area contributed by atoms with Crippen molar-refractivity contribution in [3.05, 3.63) is 101 Å². The SMILES string of the molecule is CCOC(=O)/C(O)=C/C(=O)c1cccc(CNC(=O)CN(C)C(=O)CN(c2cc3oc(-c4ccc(F)cc4)c(C(=O)NC)c3cc2C2CC2)S(C)(=O)=O)c1. The Bertz CT molecular complexity index is 2260. The summed E-state index contributed by atoms with van der Waals surface area (Å²) in [6.45, 7) is 0.476. The van der Waals surface area contributed by atoms with Crippen LogP contribution in [0.3, 0.4) is 0 Å². The molecule has 16 heteroatoms. The number of carbonyl (C=O) groups excluding carboxylic acids is 5. The first-order valence-electron chi connectivity index (χ1n) is 16.9. The molecule has 0 bridgehead atoms. The minimum Gasteiger partial charge on any atom is -0.502 e. The van der Waals surface area contributed by atoms with E-state index in [1.807, 2.05) is 0 Å². The molecule has 5 rings (SSSR count). The van der Waals surface area contributed by atoms with Crippen LogP contribution < -0.4 is 14.9 Å². The number of sulfonamides is 1. The van der Waals surface area contributed by atoms with Crippen molar-refractivity contribution in [1.29, 1.82) is 0 Å². The number of ether oxygens (including phenoxy) is 1. The zero-order chi connectivity index (χ0) is 39.3. The molecule has 54 heavy (non-hydrogen) atoms. The Labute approximate surface area is 310 Å². The van der Waals surface area contributed by atoms with Crippen LogP contribution in [0.25, 0.3) is 22.3 Å². The van der Waals surface area contributed by atoms with Gasteiger partial charge >= 0.3 is 5.97 Å². The Balaban J connectivity index is 1.33. The number of halogens is 1. The molecule has 0 radical (unpaired) electrons. The number of furan rings is 1. The first kappa shape index (κ1) is 39.2. The summed E-state index contributed by atoms with van der Waals surface area (Å²) in [6, 6.07) is 14.7. The van der Waals surface area contributed by atoms with Crippen molar-refractivity contribution in [1.82, 2.24) is 15.5 Å². The van der Waals surface area contributed by atoms with E-state index >= 15 is 0 Å². The van der Waals surface area contributed by atoms with Crippen molar-refractivity contribution >= 4 is 56.2 Å². The average molecular weight is 763 g/mol. The Morgan fingerprint density at radius 3 is 2.37 bits per heavy atom. The highest BCUT2D eigenvalue weighted by Crippen LogP contribution is 2.48. The summed E-state index contributed by atoms with van der Waals surface area (Å²) in [6.07, 6.45) is 3.21. The number of esters is 1. The maximum atomic E-state index is 13.7. The lowest BCUT2D eigenvalue weighted by Crippen LogP contribution is -2.44. The number of nitrogens with zero attached hydrogens (tertiary/aromatic N) is 2. The van der Waals surface area contributed by atoms with Gasteiger partial charge in [-0.1, -0.05) is 18.2 Å². The van der Waals surface area contributed by atoms with E-state index in [4.69, 9.17) is 4.42 Å². The van der Waals surface area contributed by atoms with Gasteiger partial charge in [0, 0.05) is 49.3 Å². The number of aliphatic hydroxyl groups excluding tert-OH is 1. The van der Waals surface area contributed by atoms with Crippen LogP contribution in [0.15, 0.2) is 76.9 Å². The predicted molar refractivity (Wildman–Crippen MR) is 197 cm³/mol. The normalized spacial score (nSPS) is 12.9. The standard InChI is InChI=1S/C38H39FN4O10S/c1-5-52-38(49)31(45)18-30(44)25-8-6-7-22(15-25)19-41-33(46)20-42(3)34(47)21-43(54(4,50)51)29-17-32-28(16-27(29)23-9-10-23)35(37(48)40-2)36(53-32)24-11-13-26(39)14-12-24/h6-8,11-18,23,45H,5,9-10,19-21H2,1-4H3,(H,40,48)(H,41,46)/b31-18-. The van der Waals surface area contributed by atoms with E-state index in [0.717, 1.165) is 34.4 Å². The van der Waals surface area contributed by atoms with Gasteiger partial charge in [0.2, 0.25) is 27.6 Å². The molecule has 1 aliphatic rings. The van der Waals surface area contributed by atoms with E-state index in [9.17, 15) is 41.9 Å². The number of benzene rings is 3. The van der Waals surface area contributed by atoms with Crippen molar-refractivity contribution in [2.45, 2.75) is 32.2 Å². The zero-order valence-corrected chi connectivity index (χ0v) is 30.8. The molecule has 14 nitrogen and oxygen atoms in total. The Hall–Kier alpha value is -6.03. The third-order valence-electron chi connectivity index (χ3n) is 8.62. The number of hydrogen-bond donors (Lipinski definition) is 3. The van der Waals surface area contributed by atoms with Crippen molar-refractivity contribution in [2.75, 3.05) is 44.4 Å². The maximum Gasteiger partial charge on any atom is 0.373 e. The van der Waals surface area contributed by atoms with Crippen LogP contribution in [0.5, 0.6) is 0 Å². The van der Waals surface area contributed by atoms with Gasteiger partial charge in [0.1, 0.15) is 23.7 Å². The molecule has 4 aromatic rings. The van der Waals surface area contributed by atoms with E-state index in [2.05, 4.69) is 15.4 Å². The number of aliphatic hydroxyl groups is 1. The lowest BCUT2D eigenvalue weighted by Gasteiger charge is -2.27. The van der Waals surface area contributed by atoms with Gasteiger partial charge in [-0.15, -0.1) is 0 Å². The number of carbonyl (C=O) groups is 5. The van der Waals surface area contributed by atoms with Gasteiger partial charge in [0.15, 0.2) is 5.78 Å². The summed E-state index contributed by atoms with van der Waals surface area (Å²) in [5.74, 6) is -4.61. The highest BCUT2D eigenvalue weighted by atomic mass is 32.2. The fraction of sp³-hybridized carbons (Fsp3) is 0.289. The number of amides is 3. The van der Waals surface area contributed by atoms with Crippen molar-refractivity contribution in [3.8, 4) is 11.3 Å². The number of nitrogens with one attached hydrogen (secondary N) is 2. The van der Waals surface area contributed by atoms with Crippen molar-refractivity contribution in [2.24, 2.45) is 0 Å². The van der Waals surface area contributed by atoms with E-state index in [-0.39, 0.29) is 47.2 Å². The molecule has 1 fully saturated rings. The molecule has 0 saturated heterocycles. The van der Waals surface area contributed by atoms with E-state index in [1.165, 1.54) is 56.6 Å². The molecule has 0 aliphatic heterocycles. The molecule has 3 amide bonds. The fourth-order valence-electron chi connectivity index (χ4n) is 5.73. The molecule has 0 atom stereocenters. The molecule has 284 valence electrons. The molecule has 1 aliphatic carbocycles. The number of hydrogen-bond acceptors (Lipinski definition) is 10. The summed E-state index contributed by atoms with van der Waals surface area (Å²) < 4.78 is 52.0. The Kier molecular flexibility index (Phi) is 11.8. The van der Waals surface area contributed by atoms with E-state index < -0.39 is 64.2 Å². The monoisotopic (exact) mass is 762 g/mol. The Morgan fingerprint density at radius 2 is 1.74 bits per heavy atom. The zero-order valence-electron chi connectivity index (χ0n) is 30.0. The maximum absolute atomic E-state index is 13.7. The summed E-state index contributed by atoms with van der Waals surface area (Å²) in [4.78, 5) is 64.7. The molecular formula is C38H39FN4O10S. The predicted octanol–water partition coefficient (Wildman–Crippen LogP) is 4.20. The van der Waals surface area contributed by atoms with Crippen LogP contribution in [0.4, 0.5) is 10.1 Å². The minimum atomic E-state index is -4.08. The molecule has 3 N–H and O–H groups in total. The number of ketones is 1. The van der Waals surface area contributed by atoms with Gasteiger partial charge < -0.3 is 29.8 Å². The first-order chi connectivity index (χ1) is 25.6. The van der Waals surface area contributed by atoms with Crippen LogP contribution in [0.1, 0.15) is 57.5 Å². The first-order valence-corrected chi connectivity index (χ1v) is 18.7. The fourth-order valence-corrected chi connectivity index (χ4v) is 6.59. The second kappa shape index (κ2) is 16.3. The highest BCUT2D eigenvalue weighted by molar-refractivity contribution is 7.92. The van der Waals surface area contributed by atoms with Gasteiger partial charge in [-0.05, 0) is 73.2 Å². The molecule has 1 saturated carbocycles. The van der Waals surface area contributed by atoms with Crippen LogP contribution in [0.2, 0.25) is 0 Å². The van der Waals surface area contributed by atoms with Gasteiger partial charge in [-0.3, -0.25) is 23.5 Å². The van der Waals surface area contributed by atoms with Crippen LogP contribution in [-0.4, -0.2) is 87.9 Å². The molecule has 1 heterocycles. The largest absolute Gasteiger partial charge is 0.502 e. The summed E-state index contributed by atoms with van der Waals surface area (Å²) >= 11 is 0. The minimum absolute atomic E-state index is 0.0180. The molecule has 0 spiro atoms. The lowest BCUT2D eigenvalue weighted by atomic mass is 10.0. The van der Waals surface area contributed by atoms with E-state index in [1.54, 1.807) is 25.1 Å².